The Bertz CT molecular complexity index is 792. The number of amides is 2. The Kier molecular flexibility index (Phi) is 6.13. The van der Waals surface area contributed by atoms with Crippen molar-refractivity contribution in [2.75, 3.05) is 10.6 Å². The zero-order valence-corrected chi connectivity index (χ0v) is 14.1. The van der Waals surface area contributed by atoms with Gasteiger partial charge in [0.1, 0.15) is 12.2 Å². The van der Waals surface area contributed by atoms with Crippen LogP contribution in [0.1, 0.15) is 25.8 Å². The van der Waals surface area contributed by atoms with E-state index in [4.69, 9.17) is 10.00 Å². The van der Waals surface area contributed by atoms with Crippen molar-refractivity contribution in [2.24, 2.45) is 0 Å². The van der Waals surface area contributed by atoms with Crippen molar-refractivity contribution in [3.05, 3.63) is 54.1 Å². The number of nitrogens with one attached hydrogen (secondary N) is 2. The van der Waals surface area contributed by atoms with Gasteiger partial charge in [0.15, 0.2) is 0 Å². The summed E-state index contributed by atoms with van der Waals surface area (Å²) in [5.41, 5.74) is 1.50. The van der Waals surface area contributed by atoms with E-state index < -0.39 is 11.8 Å². The lowest BCUT2D eigenvalue weighted by molar-refractivity contribution is -0.123. The Morgan fingerprint density at radius 1 is 1.04 bits per heavy atom. The van der Waals surface area contributed by atoms with Crippen LogP contribution in [0.25, 0.3) is 0 Å². The standard InChI is InChI=1S/C19H19N3O3/c1-13(2)25-17-8-6-15(7-9-17)21-18(23)11-19(24)22-16-5-3-4-14(10-16)12-20/h3-10,13H,11H2,1-2H3,(H,21,23)(H,22,24). The molecule has 0 saturated heterocycles. The molecule has 2 aromatic rings. The highest BCUT2D eigenvalue weighted by Gasteiger charge is 2.10. The molecule has 0 fully saturated rings. The molecule has 0 aliphatic rings. The quantitative estimate of drug-likeness (QED) is 0.791. The molecule has 2 rings (SSSR count). The number of benzene rings is 2. The van der Waals surface area contributed by atoms with Crippen LogP contribution in [0.5, 0.6) is 5.75 Å². The molecule has 0 aromatic heterocycles. The van der Waals surface area contributed by atoms with E-state index in [9.17, 15) is 9.59 Å². The van der Waals surface area contributed by atoms with Crippen LogP contribution >= 0.6 is 0 Å². The van der Waals surface area contributed by atoms with Crippen LogP contribution in [-0.4, -0.2) is 17.9 Å². The first-order valence-corrected chi connectivity index (χ1v) is 7.83. The summed E-state index contributed by atoms with van der Waals surface area (Å²) >= 11 is 0. The maximum Gasteiger partial charge on any atom is 0.233 e. The number of hydrogen-bond donors (Lipinski definition) is 2. The lowest BCUT2D eigenvalue weighted by Gasteiger charge is -2.10. The molecule has 6 heteroatoms. The fraction of sp³-hybridized carbons (Fsp3) is 0.211. The SMILES string of the molecule is CC(C)Oc1ccc(NC(=O)CC(=O)Nc2cccc(C#N)c2)cc1. The first-order valence-electron chi connectivity index (χ1n) is 7.83. The van der Waals surface area contributed by atoms with Crippen LogP contribution in [0.2, 0.25) is 0 Å². The smallest absolute Gasteiger partial charge is 0.233 e. The molecule has 2 amide bonds. The van der Waals surface area contributed by atoms with E-state index in [0.29, 0.717) is 22.7 Å². The predicted octanol–water partition coefficient (Wildman–Crippen LogP) is 3.31. The molecule has 0 radical (unpaired) electrons. The molecule has 2 N–H and O–H groups in total. The lowest BCUT2D eigenvalue weighted by Crippen LogP contribution is -2.21. The second kappa shape index (κ2) is 8.50. The average Bonchev–Trinajstić information content (AvgIpc) is 2.56. The van der Waals surface area contributed by atoms with Gasteiger partial charge in [-0.2, -0.15) is 5.26 Å². The van der Waals surface area contributed by atoms with Gasteiger partial charge in [-0.1, -0.05) is 6.07 Å². The molecule has 128 valence electrons. The van der Waals surface area contributed by atoms with E-state index in [0.717, 1.165) is 0 Å². The summed E-state index contributed by atoms with van der Waals surface area (Å²) in [6.07, 6.45) is -0.246. The van der Waals surface area contributed by atoms with Crippen molar-refractivity contribution in [2.45, 2.75) is 26.4 Å². The van der Waals surface area contributed by atoms with Gasteiger partial charge in [0, 0.05) is 11.4 Å². The molecule has 0 heterocycles. The van der Waals surface area contributed by atoms with E-state index in [1.165, 1.54) is 0 Å². The van der Waals surface area contributed by atoms with Crippen molar-refractivity contribution < 1.29 is 14.3 Å². The third-order valence-corrected chi connectivity index (χ3v) is 3.11. The second-order valence-corrected chi connectivity index (χ2v) is 5.66. The topological polar surface area (TPSA) is 91.2 Å². The Morgan fingerprint density at radius 2 is 1.68 bits per heavy atom. The third kappa shape index (κ3) is 5.99. The molecule has 0 atom stereocenters. The van der Waals surface area contributed by atoms with E-state index in [-0.39, 0.29) is 12.5 Å². The summed E-state index contributed by atoms with van der Waals surface area (Å²) in [5, 5.41) is 14.1. The Morgan fingerprint density at radius 3 is 2.28 bits per heavy atom. The fourth-order valence-corrected chi connectivity index (χ4v) is 2.11. The lowest BCUT2D eigenvalue weighted by atomic mass is 10.2. The molecule has 0 unspecified atom stereocenters. The van der Waals surface area contributed by atoms with Gasteiger partial charge in [-0.15, -0.1) is 0 Å². The number of carbonyl (C=O) groups excluding carboxylic acids is 2. The van der Waals surface area contributed by atoms with Gasteiger partial charge in [-0.25, -0.2) is 0 Å². The van der Waals surface area contributed by atoms with Crippen LogP contribution < -0.4 is 15.4 Å². The molecule has 25 heavy (non-hydrogen) atoms. The summed E-state index contributed by atoms with van der Waals surface area (Å²) < 4.78 is 5.52. The summed E-state index contributed by atoms with van der Waals surface area (Å²) in [7, 11) is 0. The van der Waals surface area contributed by atoms with Crippen LogP contribution in [0, 0.1) is 11.3 Å². The summed E-state index contributed by atoms with van der Waals surface area (Å²) in [4.78, 5) is 23.9. The number of carbonyl (C=O) groups is 2. The fourth-order valence-electron chi connectivity index (χ4n) is 2.11. The third-order valence-electron chi connectivity index (χ3n) is 3.11. The number of rotatable bonds is 6. The normalized spacial score (nSPS) is 10.0. The molecule has 0 aliphatic carbocycles. The highest BCUT2D eigenvalue weighted by Crippen LogP contribution is 2.17. The van der Waals surface area contributed by atoms with Crippen molar-refractivity contribution in [3.63, 3.8) is 0 Å². The minimum atomic E-state index is -0.452. The van der Waals surface area contributed by atoms with Crippen molar-refractivity contribution in [1.29, 1.82) is 5.26 Å². The minimum absolute atomic E-state index is 0.0728. The molecule has 0 saturated carbocycles. The Balaban J connectivity index is 1.86. The highest BCUT2D eigenvalue weighted by atomic mass is 16.5. The first-order chi connectivity index (χ1) is 12.0. The van der Waals surface area contributed by atoms with Crippen LogP contribution in [0.15, 0.2) is 48.5 Å². The highest BCUT2D eigenvalue weighted by molar-refractivity contribution is 6.08. The molecule has 0 aliphatic heterocycles. The monoisotopic (exact) mass is 337 g/mol. The van der Waals surface area contributed by atoms with E-state index in [1.807, 2.05) is 19.9 Å². The molecule has 0 spiro atoms. The van der Waals surface area contributed by atoms with E-state index in [2.05, 4.69) is 10.6 Å². The van der Waals surface area contributed by atoms with Gasteiger partial charge in [0.25, 0.3) is 0 Å². The van der Waals surface area contributed by atoms with Gasteiger partial charge >= 0.3 is 0 Å². The molecular weight excluding hydrogens is 318 g/mol. The first kappa shape index (κ1) is 18.0. The maximum absolute atomic E-state index is 11.9. The van der Waals surface area contributed by atoms with Gasteiger partial charge in [-0.3, -0.25) is 9.59 Å². The van der Waals surface area contributed by atoms with Crippen molar-refractivity contribution >= 4 is 23.2 Å². The van der Waals surface area contributed by atoms with Crippen LogP contribution in [0.3, 0.4) is 0 Å². The number of ether oxygens (including phenoxy) is 1. The largest absolute Gasteiger partial charge is 0.491 e. The van der Waals surface area contributed by atoms with Crippen LogP contribution in [0.4, 0.5) is 11.4 Å². The number of hydrogen-bond acceptors (Lipinski definition) is 4. The summed E-state index contributed by atoms with van der Waals surface area (Å²) in [6.45, 7) is 3.86. The van der Waals surface area contributed by atoms with Crippen molar-refractivity contribution in [1.82, 2.24) is 0 Å². The molecule has 6 nitrogen and oxygen atoms in total. The average molecular weight is 337 g/mol. The minimum Gasteiger partial charge on any atom is -0.491 e. The second-order valence-electron chi connectivity index (χ2n) is 5.66. The zero-order valence-electron chi connectivity index (χ0n) is 14.1. The van der Waals surface area contributed by atoms with Crippen molar-refractivity contribution in [3.8, 4) is 11.8 Å². The zero-order chi connectivity index (χ0) is 18.2. The van der Waals surface area contributed by atoms with E-state index in [1.54, 1.807) is 48.5 Å². The van der Waals surface area contributed by atoms with E-state index >= 15 is 0 Å². The maximum atomic E-state index is 11.9. The Labute approximate surface area is 146 Å². The number of anilines is 2. The number of nitriles is 1. The Hall–Kier alpha value is -3.33. The molecule has 0 bridgehead atoms. The molecule has 2 aromatic carbocycles. The van der Waals surface area contributed by atoms with Gasteiger partial charge in [0.05, 0.1) is 17.7 Å². The predicted molar refractivity (Wildman–Crippen MR) is 95.2 cm³/mol. The summed E-state index contributed by atoms with van der Waals surface area (Å²) in [6, 6.07) is 15.4. The van der Waals surface area contributed by atoms with Gasteiger partial charge in [-0.05, 0) is 56.3 Å². The molecular formula is C19H19N3O3. The van der Waals surface area contributed by atoms with Gasteiger partial charge < -0.3 is 15.4 Å². The van der Waals surface area contributed by atoms with Crippen LogP contribution in [-0.2, 0) is 9.59 Å². The van der Waals surface area contributed by atoms with Gasteiger partial charge in [0.2, 0.25) is 11.8 Å². The number of nitrogens with zero attached hydrogens (tertiary/aromatic N) is 1. The summed E-state index contributed by atoms with van der Waals surface area (Å²) in [5.74, 6) is -0.165.